The molecule has 0 aliphatic carbocycles. The standard InChI is InChI=1S/C19H15Cl3N4O3S2/c20-12-5-3-11(4-6-12)18-24-25-19(30-18)23-17(27)15-2-1-9-26(15)31(28,29)16-10-13(21)7-8-14(16)22/h3-8,10,15H,1-2,9H2,(H,23,25,27). The number of hydrogen-bond acceptors (Lipinski definition) is 6. The van der Waals surface area contributed by atoms with Crippen LogP contribution in [0.25, 0.3) is 10.6 Å². The Labute approximate surface area is 198 Å². The first kappa shape index (κ1) is 22.4. The lowest BCUT2D eigenvalue weighted by Gasteiger charge is -2.23. The summed E-state index contributed by atoms with van der Waals surface area (Å²) in [6, 6.07) is 10.4. The van der Waals surface area contributed by atoms with Crippen LogP contribution in [0.1, 0.15) is 12.8 Å². The van der Waals surface area contributed by atoms with Gasteiger partial charge in [0.05, 0.1) is 5.02 Å². The van der Waals surface area contributed by atoms with E-state index in [0.717, 1.165) is 9.87 Å². The van der Waals surface area contributed by atoms with Gasteiger partial charge in [0, 0.05) is 22.2 Å². The number of benzene rings is 2. The molecule has 1 atom stereocenters. The number of sulfonamides is 1. The highest BCUT2D eigenvalue weighted by molar-refractivity contribution is 7.89. The molecule has 0 radical (unpaired) electrons. The van der Waals surface area contributed by atoms with Crippen LogP contribution in [0.3, 0.4) is 0 Å². The summed E-state index contributed by atoms with van der Waals surface area (Å²) >= 11 is 19.1. The SMILES string of the molecule is O=C(Nc1nnc(-c2ccc(Cl)cc2)s1)C1CCCN1S(=O)(=O)c1cc(Cl)ccc1Cl. The smallest absolute Gasteiger partial charge is 0.245 e. The Morgan fingerprint density at radius 2 is 1.77 bits per heavy atom. The van der Waals surface area contributed by atoms with E-state index in [1.165, 1.54) is 29.5 Å². The quantitative estimate of drug-likeness (QED) is 0.516. The molecule has 0 bridgehead atoms. The molecule has 1 N–H and O–H groups in total. The highest BCUT2D eigenvalue weighted by Crippen LogP contribution is 2.33. The summed E-state index contributed by atoms with van der Waals surface area (Å²) in [5.74, 6) is -0.474. The molecule has 1 saturated heterocycles. The first-order valence-corrected chi connectivity index (χ1v) is 12.5. The zero-order chi connectivity index (χ0) is 22.2. The van der Waals surface area contributed by atoms with E-state index >= 15 is 0 Å². The third-order valence-corrected chi connectivity index (χ3v) is 8.50. The highest BCUT2D eigenvalue weighted by atomic mass is 35.5. The molecule has 4 rings (SSSR count). The Balaban J connectivity index is 1.53. The fraction of sp³-hybridized carbons (Fsp3) is 0.211. The number of nitrogens with zero attached hydrogens (tertiary/aromatic N) is 3. The highest BCUT2D eigenvalue weighted by Gasteiger charge is 2.40. The van der Waals surface area contributed by atoms with E-state index in [9.17, 15) is 13.2 Å². The van der Waals surface area contributed by atoms with Crippen LogP contribution < -0.4 is 5.32 Å². The third-order valence-electron chi connectivity index (χ3n) is 4.73. The van der Waals surface area contributed by atoms with E-state index in [4.69, 9.17) is 34.8 Å². The molecule has 162 valence electrons. The minimum Gasteiger partial charge on any atom is -0.299 e. The molecule has 0 spiro atoms. The predicted molar refractivity (Wildman–Crippen MR) is 122 cm³/mol. The molecule has 1 amide bonds. The Morgan fingerprint density at radius 1 is 1.06 bits per heavy atom. The van der Waals surface area contributed by atoms with Crippen LogP contribution in [0, 0.1) is 0 Å². The van der Waals surface area contributed by atoms with Crippen molar-refractivity contribution in [3.05, 3.63) is 57.5 Å². The summed E-state index contributed by atoms with van der Waals surface area (Å²) in [4.78, 5) is 12.8. The van der Waals surface area contributed by atoms with Gasteiger partial charge >= 0.3 is 0 Å². The minimum atomic E-state index is -4.01. The monoisotopic (exact) mass is 516 g/mol. The van der Waals surface area contributed by atoms with E-state index in [0.29, 0.717) is 22.9 Å². The lowest BCUT2D eigenvalue weighted by atomic mass is 10.2. The van der Waals surface area contributed by atoms with Crippen LogP contribution in [-0.2, 0) is 14.8 Å². The van der Waals surface area contributed by atoms with Crippen LogP contribution >= 0.6 is 46.1 Å². The summed E-state index contributed by atoms with van der Waals surface area (Å²) in [6.07, 6.45) is 0.924. The number of carbonyl (C=O) groups is 1. The van der Waals surface area contributed by atoms with E-state index in [2.05, 4.69) is 15.5 Å². The maximum Gasteiger partial charge on any atom is 0.245 e. The summed E-state index contributed by atoms with van der Waals surface area (Å²) in [7, 11) is -4.01. The number of aromatic nitrogens is 2. The number of anilines is 1. The van der Waals surface area contributed by atoms with Gasteiger partial charge in [0.15, 0.2) is 0 Å². The second-order valence-corrected chi connectivity index (χ2v) is 10.9. The fourth-order valence-corrected chi connectivity index (χ4v) is 6.54. The number of carbonyl (C=O) groups excluding carboxylic acids is 1. The number of rotatable bonds is 5. The normalized spacial score (nSPS) is 17.1. The van der Waals surface area contributed by atoms with Gasteiger partial charge in [-0.15, -0.1) is 10.2 Å². The summed E-state index contributed by atoms with van der Waals surface area (Å²) in [6.45, 7) is 0.204. The molecule has 31 heavy (non-hydrogen) atoms. The molecular formula is C19H15Cl3N4O3S2. The molecule has 3 aromatic rings. The molecule has 2 aromatic carbocycles. The van der Waals surface area contributed by atoms with E-state index in [1.54, 1.807) is 24.3 Å². The molecular weight excluding hydrogens is 503 g/mol. The van der Waals surface area contributed by atoms with Gasteiger partial charge in [-0.3, -0.25) is 10.1 Å². The maximum atomic E-state index is 13.2. The summed E-state index contributed by atoms with van der Waals surface area (Å²) in [5.41, 5.74) is 0.808. The Morgan fingerprint density at radius 3 is 2.52 bits per heavy atom. The Kier molecular flexibility index (Phi) is 6.52. The molecule has 1 aromatic heterocycles. The Hall–Kier alpha value is -1.75. The largest absolute Gasteiger partial charge is 0.299 e. The summed E-state index contributed by atoms with van der Waals surface area (Å²) in [5, 5.41) is 12.5. The maximum absolute atomic E-state index is 13.2. The van der Waals surface area contributed by atoms with E-state index < -0.39 is 22.0 Å². The van der Waals surface area contributed by atoms with Crippen molar-refractivity contribution in [2.45, 2.75) is 23.8 Å². The summed E-state index contributed by atoms with van der Waals surface area (Å²) < 4.78 is 27.5. The van der Waals surface area contributed by atoms with Gasteiger partial charge in [-0.2, -0.15) is 4.31 Å². The molecule has 0 saturated carbocycles. The number of halogens is 3. The Bertz CT molecular complexity index is 1230. The van der Waals surface area contributed by atoms with Crippen molar-refractivity contribution >= 4 is 67.2 Å². The van der Waals surface area contributed by atoms with Crippen molar-refractivity contribution in [2.24, 2.45) is 0 Å². The number of nitrogens with one attached hydrogen (secondary N) is 1. The van der Waals surface area contributed by atoms with Crippen LogP contribution in [-0.4, -0.2) is 41.4 Å². The third kappa shape index (κ3) is 4.72. The number of amides is 1. The van der Waals surface area contributed by atoms with Crippen molar-refractivity contribution in [3.63, 3.8) is 0 Å². The van der Waals surface area contributed by atoms with Crippen LogP contribution in [0.15, 0.2) is 47.4 Å². The molecule has 7 nitrogen and oxygen atoms in total. The molecule has 12 heteroatoms. The average Bonchev–Trinajstić information content (AvgIpc) is 3.40. The molecule has 2 heterocycles. The van der Waals surface area contributed by atoms with Crippen molar-refractivity contribution in [1.82, 2.24) is 14.5 Å². The number of hydrogen-bond donors (Lipinski definition) is 1. The van der Waals surface area contributed by atoms with Crippen molar-refractivity contribution < 1.29 is 13.2 Å². The average molecular weight is 518 g/mol. The van der Waals surface area contributed by atoms with Crippen LogP contribution in [0.2, 0.25) is 15.1 Å². The van der Waals surface area contributed by atoms with Crippen molar-refractivity contribution in [1.29, 1.82) is 0 Å². The first-order chi connectivity index (χ1) is 14.8. The topological polar surface area (TPSA) is 92.3 Å². The lowest BCUT2D eigenvalue weighted by Crippen LogP contribution is -2.43. The van der Waals surface area contributed by atoms with E-state index in [-0.39, 0.29) is 26.6 Å². The second-order valence-electron chi connectivity index (χ2n) is 6.76. The van der Waals surface area contributed by atoms with Gasteiger partial charge in [0.25, 0.3) is 0 Å². The van der Waals surface area contributed by atoms with Crippen molar-refractivity contribution in [2.75, 3.05) is 11.9 Å². The van der Waals surface area contributed by atoms with Crippen LogP contribution in [0.4, 0.5) is 5.13 Å². The fourth-order valence-electron chi connectivity index (χ4n) is 3.26. The molecule has 1 aliphatic heterocycles. The van der Waals surface area contributed by atoms with Gasteiger partial charge in [-0.25, -0.2) is 8.42 Å². The zero-order valence-corrected chi connectivity index (χ0v) is 19.7. The lowest BCUT2D eigenvalue weighted by molar-refractivity contribution is -0.119. The molecule has 1 fully saturated rings. The van der Waals surface area contributed by atoms with Crippen LogP contribution in [0.5, 0.6) is 0 Å². The first-order valence-electron chi connectivity index (χ1n) is 9.13. The van der Waals surface area contributed by atoms with Gasteiger partial charge in [0.2, 0.25) is 21.1 Å². The molecule has 1 unspecified atom stereocenters. The van der Waals surface area contributed by atoms with Gasteiger partial charge in [-0.05, 0) is 43.2 Å². The second kappa shape index (κ2) is 9.01. The van der Waals surface area contributed by atoms with E-state index in [1.807, 2.05) is 0 Å². The predicted octanol–water partition coefficient (Wildman–Crippen LogP) is 4.96. The van der Waals surface area contributed by atoms with Gasteiger partial charge < -0.3 is 0 Å². The zero-order valence-electron chi connectivity index (χ0n) is 15.8. The van der Waals surface area contributed by atoms with Gasteiger partial charge in [-0.1, -0.05) is 58.3 Å². The minimum absolute atomic E-state index is 0.0483. The van der Waals surface area contributed by atoms with Crippen molar-refractivity contribution in [3.8, 4) is 10.6 Å². The molecule has 1 aliphatic rings. The van der Waals surface area contributed by atoms with Gasteiger partial charge in [0.1, 0.15) is 15.9 Å².